The van der Waals surface area contributed by atoms with Crippen LogP contribution in [0.2, 0.25) is 0 Å². The van der Waals surface area contributed by atoms with Crippen molar-refractivity contribution in [3.05, 3.63) is 80.5 Å². The molecule has 35 heavy (non-hydrogen) atoms. The predicted octanol–water partition coefficient (Wildman–Crippen LogP) is 2.42. The maximum absolute atomic E-state index is 14.6. The first-order valence-corrected chi connectivity index (χ1v) is 9.96. The third-order valence-electron chi connectivity index (χ3n) is 4.79. The first kappa shape index (κ1) is 23.4. The Morgan fingerprint density at radius 1 is 0.886 bits per heavy atom. The van der Waals surface area contributed by atoms with Crippen LogP contribution in [0.1, 0.15) is 21.1 Å². The standard InChI is InChI=1S/C23H16FNO10/c24-11(9-31-14-3-1-5-16-20(14)12(26)7-18(33-16)22(28)29)10-32-15-4-2-6-17-21(15)13(27)8-19(34-17)23(30)35-25/h1-8,11H,9-10,25H2,(H,28,29). The van der Waals surface area contributed by atoms with Gasteiger partial charge in [0.1, 0.15) is 46.7 Å². The highest BCUT2D eigenvalue weighted by Crippen LogP contribution is 2.25. The number of hydrogen-bond donors (Lipinski definition) is 2. The van der Waals surface area contributed by atoms with Gasteiger partial charge in [0.25, 0.3) is 0 Å². The molecule has 1 unspecified atom stereocenters. The van der Waals surface area contributed by atoms with Gasteiger partial charge in [-0.15, -0.1) is 0 Å². The molecule has 11 nitrogen and oxygen atoms in total. The van der Waals surface area contributed by atoms with Crippen LogP contribution in [0.15, 0.2) is 67.0 Å². The van der Waals surface area contributed by atoms with Crippen molar-refractivity contribution in [1.29, 1.82) is 0 Å². The smallest absolute Gasteiger partial charge is 0.392 e. The van der Waals surface area contributed by atoms with Crippen molar-refractivity contribution >= 4 is 33.9 Å². The molecule has 4 rings (SSSR count). The number of alkyl halides is 1. The van der Waals surface area contributed by atoms with E-state index in [1.54, 1.807) is 0 Å². The Balaban J connectivity index is 1.49. The molecule has 0 amide bonds. The average molecular weight is 485 g/mol. The first-order valence-electron chi connectivity index (χ1n) is 9.96. The van der Waals surface area contributed by atoms with Crippen LogP contribution in [-0.4, -0.2) is 36.4 Å². The highest BCUT2D eigenvalue weighted by molar-refractivity contribution is 5.91. The van der Waals surface area contributed by atoms with Gasteiger partial charge in [-0.2, -0.15) is 5.90 Å². The SMILES string of the molecule is NOC(=O)c1cc(=O)c2c(OCC(F)COc3cccc4oc(C(=O)O)cc(=O)c34)cccc2o1. The van der Waals surface area contributed by atoms with Crippen molar-refractivity contribution in [3.63, 3.8) is 0 Å². The lowest BCUT2D eigenvalue weighted by Gasteiger charge is -2.14. The van der Waals surface area contributed by atoms with Crippen molar-refractivity contribution in [2.75, 3.05) is 13.2 Å². The van der Waals surface area contributed by atoms with E-state index in [4.69, 9.17) is 29.3 Å². The zero-order chi connectivity index (χ0) is 25.1. The molecule has 3 N–H and O–H groups in total. The summed E-state index contributed by atoms with van der Waals surface area (Å²) in [6.07, 6.45) is -1.69. The van der Waals surface area contributed by atoms with E-state index in [1.807, 2.05) is 0 Å². The van der Waals surface area contributed by atoms with Gasteiger partial charge >= 0.3 is 11.9 Å². The molecule has 2 heterocycles. The fourth-order valence-electron chi connectivity index (χ4n) is 3.27. The number of ether oxygens (including phenoxy) is 2. The highest BCUT2D eigenvalue weighted by Gasteiger charge is 2.18. The summed E-state index contributed by atoms with van der Waals surface area (Å²) in [6, 6.07) is 10.2. The zero-order valence-electron chi connectivity index (χ0n) is 17.7. The third kappa shape index (κ3) is 4.82. The van der Waals surface area contributed by atoms with E-state index >= 15 is 0 Å². The van der Waals surface area contributed by atoms with Gasteiger partial charge in [-0.25, -0.2) is 14.0 Å². The van der Waals surface area contributed by atoms with Crippen LogP contribution in [0.4, 0.5) is 4.39 Å². The van der Waals surface area contributed by atoms with Crippen LogP contribution in [-0.2, 0) is 4.84 Å². The van der Waals surface area contributed by atoms with Gasteiger partial charge in [0.05, 0.1) is 0 Å². The number of carboxylic acids is 1. The monoisotopic (exact) mass is 485 g/mol. The number of rotatable bonds is 8. The lowest BCUT2D eigenvalue weighted by atomic mass is 10.2. The van der Waals surface area contributed by atoms with Crippen molar-refractivity contribution in [1.82, 2.24) is 0 Å². The second-order valence-electron chi connectivity index (χ2n) is 7.14. The van der Waals surface area contributed by atoms with Crippen LogP contribution >= 0.6 is 0 Å². The molecule has 0 aliphatic rings. The van der Waals surface area contributed by atoms with Gasteiger partial charge < -0.3 is 28.3 Å². The van der Waals surface area contributed by atoms with Crippen molar-refractivity contribution < 1.29 is 42.2 Å². The second kappa shape index (κ2) is 9.65. The van der Waals surface area contributed by atoms with Gasteiger partial charge in [-0.1, -0.05) is 12.1 Å². The molecule has 0 spiro atoms. The Morgan fingerprint density at radius 2 is 1.37 bits per heavy atom. The number of carbonyl (C=O) groups is 2. The van der Waals surface area contributed by atoms with Crippen LogP contribution in [0, 0.1) is 0 Å². The lowest BCUT2D eigenvalue weighted by molar-refractivity contribution is 0.0467. The Hall–Kier alpha value is -4.71. The lowest BCUT2D eigenvalue weighted by Crippen LogP contribution is -2.22. The van der Waals surface area contributed by atoms with Gasteiger partial charge in [0.15, 0.2) is 17.0 Å². The summed E-state index contributed by atoms with van der Waals surface area (Å²) < 4.78 is 35.9. The summed E-state index contributed by atoms with van der Waals surface area (Å²) in [6.45, 7) is -1.04. The average Bonchev–Trinajstić information content (AvgIpc) is 2.85. The van der Waals surface area contributed by atoms with E-state index in [1.165, 1.54) is 36.4 Å². The Kier molecular flexibility index (Phi) is 6.46. The van der Waals surface area contributed by atoms with Crippen molar-refractivity contribution in [2.24, 2.45) is 5.90 Å². The molecule has 0 saturated carbocycles. The third-order valence-corrected chi connectivity index (χ3v) is 4.79. The van der Waals surface area contributed by atoms with Gasteiger partial charge in [-0.05, 0) is 24.3 Å². The minimum atomic E-state index is -1.69. The quantitative estimate of drug-likeness (QED) is 0.352. The highest BCUT2D eigenvalue weighted by atomic mass is 19.1. The van der Waals surface area contributed by atoms with E-state index < -0.39 is 53.7 Å². The minimum absolute atomic E-state index is 0.000892. The molecule has 2 aromatic heterocycles. The van der Waals surface area contributed by atoms with E-state index in [0.717, 1.165) is 12.1 Å². The molecule has 0 aliphatic heterocycles. The summed E-state index contributed by atoms with van der Waals surface area (Å²) in [5.74, 6) is 1.42. The molecule has 0 bridgehead atoms. The number of benzene rings is 2. The molecule has 0 aliphatic carbocycles. The van der Waals surface area contributed by atoms with Crippen LogP contribution in [0.3, 0.4) is 0 Å². The molecular weight excluding hydrogens is 469 g/mol. The number of nitrogens with two attached hydrogens (primary N) is 1. The molecule has 0 fully saturated rings. The molecule has 0 radical (unpaired) electrons. The Bertz CT molecular complexity index is 1560. The molecule has 1 atom stereocenters. The normalized spacial score (nSPS) is 11.8. The summed E-state index contributed by atoms with van der Waals surface area (Å²) in [5.41, 5.74) is -1.31. The summed E-state index contributed by atoms with van der Waals surface area (Å²) in [4.78, 5) is 51.4. The van der Waals surface area contributed by atoms with Gasteiger partial charge in [-0.3, -0.25) is 9.59 Å². The molecular formula is C23H16FNO10. The number of carbonyl (C=O) groups excluding carboxylic acids is 1. The first-order chi connectivity index (χ1) is 16.8. The number of aromatic carboxylic acids is 1. The molecule has 12 heteroatoms. The molecule has 0 saturated heterocycles. The van der Waals surface area contributed by atoms with E-state index in [9.17, 15) is 23.6 Å². The van der Waals surface area contributed by atoms with Crippen LogP contribution < -0.4 is 26.2 Å². The second-order valence-corrected chi connectivity index (χ2v) is 7.14. The summed E-state index contributed by atoms with van der Waals surface area (Å²) in [7, 11) is 0. The van der Waals surface area contributed by atoms with E-state index in [-0.39, 0.29) is 33.4 Å². The molecule has 2 aromatic carbocycles. The van der Waals surface area contributed by atoms with Crippen molar-refractivity contribution in [2.45, 2.75) is 6.17 Å². The number of hydrogen-bond acceptors (Lipinski definition) is 10. The van der Waals surface area contributed by atoms with E-state index in [0.29, 0.717) is 0 Å². The van der Waals surface area contributed by atoms with Gasteiger partial charge in [0.2, 0.25) is 11.5 Å². The largest absolute Gasteiger partial charge is 0.489 e. The fourth-order valence-corrected chi connectivity index (χ4v) is 3.27. The van der Waals surface area contributed by atoms with E-state index in [2.05, 4.69) is 4.84 Å². The summed E-state index contributed by atoms with van der Waals surface area (Å²) in [5, 5.41) is 8.96. The molecule has 180 valence electrons. The minimum Gasteiger partial charge on any atom is -0.489 e. The van der Waals surface area contributed by atoms with Crippen molar-refractivity contribution in [3.8, 4) is 11.5 Å². The maximum Gasteiger partial charge on any atom is 0.392 e. The van der Waals surface area contributed by atoms with Gasteiger partial charge in [0, 0.05) is 12.1 Å². The Morgan fingerprint density at radius 3 is 1.86 bits per heavy atom. The zero-order valence-corrected chi connectivity index (χ0v) is 17.7. The predicted molar refractivity (Wildman–Crippen MR) is 117 cm³/mol. The number of halogens is 1. The number of carboxylic acid groups (broad SMARTS) is 1. The summed E-state index contributed by atoms with van der Waals surface area (Å²) >= 11 is 0. The maximum atomic E-state index is 14.6. The number of fused-ring (bicyclic) bond motifs is 2. The molecule has 4 aromatic rings. The Labute approximate surface area is 194 Å². The topological polar surface area (TPSA) is 168 Å². The van der Waals surface area contributed by atoms with Crippen LogP contribution in [0.5, 0.6) is 11.5 Å². The fraction of sp³-hybridized carbons (Fsp3) is 0.130. The van der Waals surface area contributed by atoms with Crippen LogP contribution in [0.25, 0.3) is 21.9 Å².